The normalized spacial score (nSPS) is 16.2. The predicted octanol–water partition coefficient (Wildman–Crippen LogP) is 1.20. The van der Waals surface area contributed by atoms with Crippen LogP contribution in [0.1, 0.15) is 31.2 Å². The summed E-state index contributed by atoms with van der Waals surface area (Å²) >= 11 is 0. The molecule has 1 fully saturated rings. The van der Waals surface area contributed by atoms with Gasteiger partial charge < -0.3 is 14.3 Å². The van der Waals surface area contributed by atoms with Crippen LogP contribution in [-0.2, 0) is 16.1 Å². The second kappa shape index (κ2) is 6.07. The van der Waals surface area contributed by atoms with E-state index in [1.54, 1.807) is 23.8 Å². The summed E-state index contributed by atoms with van der Waals surface area (Å²) in [7, 11) is 1.78. The molecule has 0 bridgehead atoms. The zero-order valence-corrected chi connectivity index (χ0v) is 12.3. The number of aryl methyl sites for hydroxylation is 1. The molecule has 1 aliphatic heterocycles. The molecule has 0 spiro atoms. The van der Waals surface area contributed by atoms with E-state index in [1.807, 2.05) is 13.0 Å². The number of carbonyl (C=O) groups is 2. The van der Waals surface area contributed by atoms with E-state index in [1.165, 1.54) is 0 Å². The van der Waals surface area contributed by atoms with Gasteiger partial charge in [0.1, 0.15) is 11.5 Å². The first-order chi connectivity index (χ1) is 9.47. The third-order valence-electron chi connectivity index (χ3n) is 3.74. The Kier molecular flexibility index (Phi) is 4.42. The Morgan fingerprint density at radius 3 is 2.60 bits per heavy atom. The maximum absolute atomic E-state index is 12.3. The van der Waals surface area contributed by atoms with Crippen LogP contribution in [0.4, 0.5) is 0 Å². The molecule has 0 atom stereocenters. The molecule has 1 aliphatic rings. The standard InChI is InChI=1S/C14H21N3O3/c1-10-8-13(15-20-10)9-16(3)14(19)12-4-6-17(7-5-12)11(2)18/h8,12H,4-7,9H2,1-3H3. The molecule has 110 valence electrons. The molecule has 1 saturated heterocycles. The van der Waals surface area contributed by atoms with Crippen LogP contribution in [0.2, 0.25) is 0 Å². The number of amides is 2. The van der Waals surface area contributed by atoms with Gasteiger partial charge in [-0.1, -0.05) is 5.16 Å². The van der Waals surface area contributed by atoms with Crippen molar-refractivity contribution in [2.45, 2.75) is 33.2 Å². The van der Waals surface area contributed by atoms with Crippen molar-refractivity contribution >= 4 is 11.8 Å². The molecule has 6 nitrogen and oxygen atoms in total. The number of likely N-dealkylation sites (tertiary alicyclic amines) is 1. The van der Waals surface area contributed by atoms with Gasteiger partial charge in [0.15, 0.2) is 0 Å². The van der Waals surface area contributed by atoms with Crippen molar-refractivity contribution < 1.29 is 14.1 Å². The summed E-state index contributed by atoms with van der Waals surface area (Å²) < 4.78 is 5.00. The molecule has 2 amide bonds. The number of carbonyl (C=O) groups excluding carboxylic acids is 2. The smallest absolute Gasteiger partial charge is 0.225 e. The summed E-state index contributed by atoms with van der Waals surface area (Å²) in [5, 5.41) is 3.90. The highest BCUT2D eigenvalue weighted by molar-refractivity contribution is 5.79. The van der Waals surface area contributed by atoms with Crippen molar-refractivity contribution in [3.05, 3.63) is 17.5 Å². The number of aromatic nitrogens is 1. The fourth-order valence-corrected chi connectivity index (χ4v) is 2.57. The van der Waals surface area contributed by atoms with Gasteiger partial charge in [-0.15, -0.1) is 0 Å². The van der Waals surface area contributed by atoms with Crippen LogP contribution in [0.15, 0.2) is 10.6 Å². The average molecular weight is 279 g/mol. The lowest BCUT2D eigenvalue weighted by atomic mass is 9.95. The van der Waals surface area contributed by atoms with E-state index in [0.717, 1.165) is 24.3 Å². The molecule has 0 aliphatic carbocycles. The summed E-state index contributed by atoms with van der Waals surface area (Å²) in [5.41, 5.74) is 0.763. The summed E-state index contributed by atoms with van der Waals surface area (Å²) in [6.45, 7) is 5.20. The van der Waals surface area contributed by atoms with E-state index in [2.05, 4.69) is 5.16 Å². The highest BCUT2D eigenvalue weighted by Crippen LogP contribution is 2.20. The monoisotopic (exact) mass is 279 g/mol. The van der Waals surface area contributed by atoms with Crippen molar-refractivity contribution in [2.24, 2.45) is 5.92 Å². The minimum Gasteiger partial charge on any atom is -0.361 e. The highest BCUT2D eigenvalue weighted by Gasteiger charge is 2.28. The van der Waals surface area contributed by atoms with E-state index in [4.69, 9.17) is 4.52 Å². The van der Waals surface area contributed by atoms with Crippen LogP contribution in [-0.4, -0.2) is 46.9 Å². The first kappa shape index (κ1) is 14.6. The lowest BCUT2D eigenvalue weighted by Gasteiger charge is -2.32. The van der Waals surface area contributed by atoms with Crippen molar-refractivity contribution in [1.29, 1.82) is 0 Å². The highest BCUT2D eigenvalue weighted by atomic mass is 16.5. The fraction of sp³-hybridized carbons (Fsp3) is 0.643. The summed E-state index contributed by atoms with van der Waals surface area (Å²) in [5.74, 6) is 0.954. The molecule has 0 radical (unpaired) electrons. The Morgan fingerprint density at radius 2 is 2.10 bits per heavy atom. The van der Waals surface area contributed by atoms with Crippen molar-refractivity contribution in [1.82, 2.24) is 15.0 Å². The quantitative estimate of drug-likeness (QED) is 0.834. The first-order valence-corrected chi connectivity index (χ1v) is 6.90. The van der Waals surface area contributed by atoms with Gasteiger partial charge in [-0.3, -0.25) is 9.59 Å². The van der Waals surface area contributed by atoms with E-state index < -0.39 is 0 Å². The minimum absolute atomic E-state index is 0.00333. The Bertz CT molecular complexity index is 490. The number of hydrogen-bond acceptors (Lipinski definition) is 4. The van der Waals surface area contributed by atoms with E-state index in [-0.39, 0.29) is 17.7 Å². The number of hydrogen-bond donors (Lipinski definition) is 0. The van der Waals surface area contributed by atoms with E-state index in [0.29, 0.717) is 19.6 Å². The fourth-order valence-electron chi connectivity index (χ4n) is 2.57. The molecule has 20 heavy (non-hydrogen) atoms. The molecule has 0 unspecified atom stereocenters. The van der Waals surface area contributed by atoms with Gasteiger partial charge in [-0.2, -0.15) is 0 Å². The molecular weight excluding hydrogens is 258 g/mol. The Labute approximate surface area is 118 Å². The zero-order valence-electron chi connectivity index (χ0n) is 12.3. The van der Waals surface area contributed by atoms with Crippen LogP contribution >= 0.6 is 0 Å². The predicted molar refractivity (Wildman–Crippen MR) is 72.7 cm³/mol. The molecule has 1 aromatic heterocycles. The zero-order chi connectivity index (χ0) is 14.7. The lowest BCUT2D eigenvalue weighted by molar-refractivity contribution is -0.139. The van der Waals surface area contributed by atoms with Gasteiger partial charge in [-0.25, -0.2) is 0 Å². The van der Waals surface area contributed by atoms with Crippen LogP contribution in [0, 0.1) is 12.8 Å². The largest absolute Gasteiger partial charge is 0.361 e. The number of nitrogens with zero attached hydrogens (tertiary/aromatic N) is 3. The van der Waals surface area contributed by atoms with Crippen LogP contribution in [0.25, 0.3) is 0 Å². The summed E-state index contributed by atoms with van der Waals surface area (Å²) in [6, 6.07) is 1.84. The number of rotatable bonds is 3. The second-order valence-electron chi connectivity index (χ2n) is 5.40. The second-order valence-corrected chi connectivity index (χ2v) is 5.40. The maximum Gasteiger partial charge on any atom is 0.225 e. The van der Waals surface area contributed by atoms with Crippen LogP contribution in [0.5, 0.6) is 0 Å². The lowest BCUT2D eigenvalue weighted by Crippen LogP contribution is -2.42. The molecule has 0 saturated carbocycles. The SMILES string of the molecule is CC(=O)N1CCC(C(=O)N(C)Cc2cc(C)on2)CC1. The van der Waals surface area contributed by atoms with Crippen molar-refractivity contribution in [3.63, 3.8) is 0 Å². The van der Waals surface area contributed by atoms with Gasteiger partial charge in [-0.05, 0) is 19.8 Å². The molecule has 0 aromatic carbocycles. The topological polar surface area (TPSA) is 66.7 Å². The van der Waals surface area contributed by atoms with Gasteiger partial charge >= 0.3 is 0 Å². The van der Waals surface area contributed by atoms with Gasteiger partial charge in [0.05, 0.1) is 6.54 Å². The third-order valence-corrected chi connectivity index (χ3v) is 3.74. The van der Waals surface area contributed by atoms with Crippen LogP contribution < -0.4 is 0 Å². The third kappa shape index (κ3) is 3.37. The minimum atomic E-state index is 0.00333. The van der Waals surface area contributed by atoms with Crippen molar-refractivity contribution in [2.75, 3.05) is 20.1 Å². The summed E-state index contributed by atoms with van der Waals surface area (Å²) in [6.07, 6.45) is 1.47. The Balaban J connectivity index is 1.86. The first-order valence-electron chi connectivity index (χ1n) is 6.90. The van der Waals surface area contributed by atoms with E-state index >= 15 is 0 Å². The molecular formula is C14H21N3O3. The van der Waals surface area contributed by atoms with Crippen LogP contribution in [0.3, 0.4) is 0 Å². The molecule has 1 aromatic rings. The molecule has 2 heterocycles. The van der Waals surface area contributed by atoms with Gasteiger partial charge in [0, 0.05) is 39.0 Å². The van der Waals surface area contributed by atoms with Crippen molar-refractivity contribution in [3.8, 4) is 0 Å². The average Bonchev–Trinajstić information content (AvgIpc) is 2.83. The van der Waals surface area contributed by atoms with Gasteiger partial charge in [0.25, 0.3) is 0 Å². The van der Waals surface area contributed by atoms with E-state index in [9.17, 15) is 9.59 Å². The Morgan fingerprint density at radius 1 is 1.45 bits per heavy atom. The molecule has 0 N–H and O–H groups in total. The molecule has 6 heteroatoms. The molecule has 2 rings (SSSR count). The maximum atomic E-state index is 12.3. The van der Waals surface area contributed by atoms with Gasteiger partial charge in [0.2, 0.25) is 11.8 Å². The summed E-state index contributed by atoms with van der Waals surface area (Å²) in [4.78, 5) is 27.1. The Hall–Kier alpha value is -1.85. The number of piperidine rings is 1.